The van der Waals surface area contributed by atoms with Crippen LogP contribution in [0.4, 0.5) is 0 Å². The smallest absolute Gasteiger partial charge is 0.305 e. The van der Waals surface area contributed by atoms with E-state index < -0.39 is 12.1 Å². The van der Waals surface area contributed by atoms with Crippen molar-refractivity contribution in [1.82, 2.24) is 5.32 Å². The van der Waals surface area contributed by atoms with Gasteiger partial charge in [-0.05, 0) is 51.4 Å². The Morgan fingerprint density at radius 2 is 0.855 bits per heavy atom. The standard InChI is InChI=1S/C49H95NO5/c1-3-5-7-9-11-13-15-16-17-18-19-20-21-22-27-31-35-39-43-49(54)55-44-40-36-32-28-24-23-26-30-34-38-42-48(53)50-46(45-51)47(52)41-37-33-29-25-14-12-10-8-6-4-2/h17-18,46-47,51-52H,3-16,19-45H2,1-2H3,(H,50,53)/b18-17-. The van der Waals surface area contributed by atoms with Crippen molar-refractivity contribution in [2.75, 3.05) is 13.2 Å². The summed E-state index contributed by atoms with van der Waals surface area (Å²) in [5.41, 5.74) is 0. The normalized spacial score (nSPS) is 12.7. The van der Waals surface area contributed by atoms with Crippen molar-refractivity contribution < 1.29 is 24.5 Å². The molecule has 0 aromatic carbocycles. The Balaban J connectivity index is 3.44. The van der Waals surface area contributed by atoms with Crippen LogP contribution in [0.1, 0.15) is 264 Å². The van der Waals surface area contributed by atoms with E-state index in [-0.39, 0.29) is 18.5 Å². The molecule has 0 aromatic rings. The minimum absolute atomic E-state index is 0.0221. The SMILES string of the molecule is CCCCCCCCC/C=C\CCCCCCCCCC(=O)OCCCCCCCCCCCCC(=O)NC(CO)C(O)CCCCCCCCCCCC. The van der Waals surface area contributed by atoms with E-state index in [1.165, 1.54) is 173 Å². The van der Waals surface area contributed by atoms with Gasteiger partial charge >= 0.3 is 5.97 Å². The molecule has 0 heterocycles. The topological polar surface area (TPSA) is 95.9 Å². The Hall–Kier alpha value is -1.40. The molecular formula is C49H95NO5. The number of carbonyl (C=O) groups is 2. The minimum Gasteiger partial charge on any atom is -0.466 e. The zero-order valence-electron chi connectivity index (χ0n) is 36.9. The van der Waals surface area contributed by atoms with Crippen LogP contribution in [0.3, 0.4) is 0 Å². The first kappa shape index (κ1) is 53.6. The first-order valence-corrected chi connectivity index (χ1v) is 24.4. The molecule has 0 rings (SSSR count). The fourth-order valence-corrected chi connectivity index (χ4v) is 7.51. The summed E-state index contributed by atoms with van der Waals surface area (Å²) in [6, 6.07) is -0.556. The van der Waals surface area contributed by atoms with Gasteiger partial charge in [-0.3, -0.25) is 9.59 Å². The average Bonchev–Trinajstić information content (AvgIpc) is 3.18. The number of hydrogen-bond acceptors (Lipinski definition) is 5. The lowest BCUT2D eigenvalue weighted by atomic mass is 10.0. The number of rotatable bonds is 45. The van der Waals surface area contributed by atoms with Gasteiger partial charge in [0.2, 0.25) is 5.91 Å². The molecule has 326 valence electrons. The van der Waals surface area contributed by atoms with Gasteiger partial charge in [-0.25, -0.2) is 0 Å². The van der Waals surface area contributed by atoms with Crippen LogP contribution in [-0.4, -0.2) is 47.4 Å². The lowest BCUT2D eigenvalue weighted by molar-refractivity contribution is -0.143. The Labute approximate surface area is 342 Å². The number of ether oxygens (including phenoxy) is 1. The lowest BCUT2D eigenvalue weighted by Gasteiger charge is -2.22. The number of carbonyl (C=O) groups excluding carboxylic acids is 2. The quantitative estimate of drug-likeness (QED) is 0.0325. The van der Waals surface area contributed by atoms with E-state index >= 15 is 0 Å². The van der Waals surface area contributed by atoms with E-state index in [0.717, 1.165) is 57.8 Å². The molecule has 0 saturated heterocycles. The molecule has 2 unspecified atom stereocenters. The first-order chi connectivity index (χ1) is 27.0. The van der Waals surface area contributed by atoms with Crippen LogP contribution in [-0.2, 0) is 14.3 Å². The molecule has 0 aliphatic carbocycles. The van der Waals surface area contributed by atoms with Crippen molar-refractivity contribution in [2.24, 2.45) is 0 Å². The van der Waals surface area contributed by atoms with Crippen LogP contribution in [0.2, 0.25) is 0 Å². The third kappa shape index (κ3) is 42.0. The number of nitrogens with one attached hydrogen (secondary N) is 1. The predicted molar refractivity (Wildman–Crippen MR) is 237 cm³/mol. The van der Waals surface area contributed by atoms with Crippen molar-refractivity contribution in [3.8, 4) is 0 Å². The van der Waals surface area contributed by atoms with E-state index in [4.69, 9.17) is 4.74 Å². The fraction of sp³-hybridized carbons (Fsp3) is 0.918. The van der Waals surface area contributed by atoms with Gasteiger partial charge in [-0.1, -0.05) is 212 Å². The molecule has 2 atom stereocenters. The molecule has 0 radical (unpaired) electrons. The van der Waals surface area contributed by atoms with Crippen LogP contribution < -0.4 is 5.32 Å². The van der Waals surface area contributed by atoms with Crippen LogP contribution >= 0.6 is 0 Å². The summed E-state index contributed by atoms with van der Waals surface area (Å²) in [6.07, 6.45) is 50.3. The van der Waals surface area contributed by atoms with E-state index in [9.17, 15) is 19.8 Å². The largest absolute Gasteiger partial charge is 0.466 e. The van der Waals surface area contributed by atoms with Gasteiger partial charge < -0.3 is 20.3 Å². The molecule has 3 N–H and O–H groups in total. The Morgan fingerprint density at radius 3 is 1.29 bits per heavy atom. The second kappa shape index (κ2) is 45.3. The highest BCUT2D eigenvalue weighted by Gasteiger charge is 2.20. The Kier molecular flexibility index (Phi) is 44.2. The lowest BCUT2D eigenvalue weighted by Crippen LogP contribution is -2.45. The predicted octanol–water partition coefficient (Wildman–Crippen LogP) is 14.2. The van der Waals surface area contributed by atoms with Gasteiger partial charge in [0.15, 0.2) is 0 Å². The molecule has 0 fully saturated rings. The number of amides is 1. The van der Waals surface area contributed by atoms with Gasteiger partial charge in [0.05, 0.1) is 25.4 Å². The Morgan fingerprint density at radius 1 is 0.491 bits per heavy atom. The Bertz CT molecular complexity index is 817. The van der Waals surface area contributed by atoms with Crippen LogP contribution in [0, 0.1) is 0 Å². The highest BCUT2D eigenvalue weighted by molar-refractivity contribution is 5.76. The maximum absolute atomic E-state index is 12.4. The summed E-state index contributed by atoms with van der Waals surface area (Å²) in [7, 11) is 0. The molecule has 0 spiro atoms. The van der Waals surface area contributed by atoms with Gasteiger partial charge in [0, 0.05) is 12.8 Å². The van der Waals surface area contributed by atoms with E-state index in [1.807, 2.05) is 0 Å². The summed E-state index contributed by atoms with van der Waals surface area (Å²) >= 11 is 0. The van der Waals surface area contributed by atoms with E-state index in [2.05, 4.69) is 31.3 Å². The minimum atomic E-state index is -0.676. The maximum Gasteiger partial charge on any atom is 0.305 e. The molecule has 0 saturated carbocycles. The van der Waals surface area contributed by atoms with Crippen LogP contribution in [0.15, 0.2) is 12.2 Å². The zero-order chi connectivity index (χ0) is 40.1. The summed E-state index contributed by atoms with van der Waals surface area (Å²) in [4.78, 5) is 24.4. The number of unbranched alkanes of at least 4 members (excludes halogenated alkanes) is 32. The third-order valence-corrected chi connectivity index (χ3v) is 11.3. The molecule has 0 bridgehead atoms. The maximum atomic E-state index is 12.4. The second-order valence-electron chi connectivity index (χ2n) is 16.8. The highest BCUT2D eigenvalue weighted by Crippen LogP contribution is 2.16. The van der Waals surface area contributed by atoms with Crippen molar-refractivity contribution in [3.63, 3.8) is 0 Å². The molecular weight excluding hydrogens is 683 g/mol. The molecule has 0 aliphatic heterocycles. The van der Waals surface area contributed by atoms with Crippen LogP contribution in [0.5, 0.6) is 0 Å². The summed E-state index contributed by atoms with van der Waals surface area (Å²) in [6.45, 7) is 4.88. The van der Waals surface area contributed by atoms with Gasteiger partial charge in [0.1, 0.15) is 0 Å². The van der Waals surface area contributed by atoms with Crippen molar-refractivity contribution >= 4 is 11.9 Å². The van der Waals surface area contributed by atoms with Crippen molar-refractivity contribution in [2.45, 2.75) is 276 Å². The van der Waals surface area contributed by atoms with Gasteiger partial charge in [0.25, 0.3) is 0 Å². The average molecular weight is 778 g/mol. The number of aliphatic hydroxyl groups is 2. The fourth-order valence-electron chi connectivity index (χ4n) is 7.51. The highest BCUT2D eigenvalue weighted by atomic mass is 16.5. The molecule has 55 heavy (non-hydrogen) atoms. The molecule has 6 nitrogen and oxygen atoms in total. The summed E-state index contributed by atoms with van der Waals surface area (Å²) in [5.74, 6) is -0.0816. The van der Waals surface area contributed by atoms with Gasteiger partial charge in [-0.2, -0.15) is 0 Å². The van der Waals surface area contributed by atoms with Gasteiger partial charge in [-0.15, -0.1) is 0 Å². The summed E-state index contributed by atoms with van der Waals surface area (Å²) in [5, 5.41) is 23.1. The molecule has 0 aromatic heterocycles. The number of esters is 1. The molecule has 6 heteroatoms. The number of hydrogen-bond donors (Lipinski definition) is 3. The zero-order valence-corrected chi connectivity index (χ0v) is 36.9. The molecule has 0 aliphatic rings. The number of allylic oxidation sites excluding steroid dienone is 2. The number of aliphatic hydroxyl groups excluding tert-OH is 2. The van der Waals surface area contributed by atoms with Crippen molar-refractivity contribution in [3.05, 3.63) is 12.2 Å². The third-order valence-electron chi connectivity index (χ3n) is 11.3. The molecule has 1 amide bonds. The van der Waals surface area contributed by atoms with E-state index in [1.54, 1.807) is 0 Å². The summed E-state index contributed by atoms with van der Waals surface area (Å²) < 4.78 is 5.46. The van der Waals surface area contributed by atoms with Crippen molar-refractivity contribution in [1.29, 1.82) is 0 Å². The second-order valence-corrected chi connectivity index (χ2v) is 16.8. The van der Waals surface area contributed by atoms with E-state index in [0.29, 0.717) is 25.9 Å². The first-order valence-electron chi connectivity index (χ1n) is 24.4. The monoisotopic (exact) mass is 778 g/mol. The van der Waals surface area contributed by atoms with Crippen LogP contribution in [0.25, 0.3) is 0 Å².